The monoisotopic (exact) mass is 397 g/mol. The largest absolute Gasteiger partial charge is 0.485 e. The molecule has 6 heteroatoms. The zero-order valence-corrected chi connectivity index (χ0v) is 16.3. The molecule has 0 saturated heterocycles. The average molecular weight is 397 g/mol. The quantitative estimate of drug-likeness (QED) is 0.445. The summed E-state index contributed by atoms with van der Waals surface area (Å²) in [6.45, 7) is 0.230. The van der Waals surface area contributed by atoms with Crippen LogP contribution in [0.1, 0.15) is 16.3 Å². The Labute approximate surface area is 172 Å². The van der Waals surface area contributed by atoms with Crippen LogP contribution in [0.15, 0.2) is 83.3 Å². The molecular formula is C24H19N3O3. The Morgan fingerprint density at radius 3 is 2.70 bits per heavy atom. The van der Waals surface area contributed by atoms with Crippen LogP contribution >= 0.6 is 0 Å². The number of nitrogens with zero attached hydrogens (tertiary/aromatic N) is 2. The fourth-order valence-electron chi connectivity index (χ4n) is 3.47. The van der Waals surface area contributed by atoms with Crippen molar-refractivity contribution in [2.75, 3.05) is 5.32 Å². The zero-order valence-electron chi connectivity index (χ0n) is 16.3. The number of anilines is 1. The standard InChI is InChI=1S/C24H19N3O3/c1-27-20-11-5-4-10-19(20)25-24(27)26-23(28)22-14-13-17(30-22)15-29-21-12-6-8-16-7-2-3-9-18(16)21/h2-14H,15H2,1H3,(H,25,26,28). The first-order valence-electron chi connectivity index (χ1n) is 9.61. The van der Waals surface area contributed by atoms with Gasteiger partial charge in [-0.15, -0.1) is 0 Å². The second-order valence-corrected chi connectivity index (χ2v) is 6.97. The SMILES string of the molecule is Cn1c(NC(=O)c2ccc(COc3cccc4ccccc34)o2)nc2ccccc21. The first-order chi connectivity index (χ1) is 14.7. The lowest BCUT2D eigenvalue weighted by atomic mass is 10.1. The summed E-state index contributed by atoms with van der Waals surface area (Å²) in [4.78, 5) is 17.1. The number of rotatable bonds is 5. The lowest BCUT2D eigenvalue weighted by Crippen LogP contribution is -2.14. The molecule has 1 amide bonds. The predicted molar refractivity (Wildman–Crippen MR) is 116 cm³/mol. The van der Waals surface area contributed by atoms with Crippen molar-refractivity contribution in [1.29, 1.82) is 0 Å². The maximum absolute atomic E-state index is 12.6. The third-order valence-electron chi connectivity index (χ3n) is 5.02. The van der Waals surface area contributed by atoms with Crippen molar-refractivity contribution in [3.63, 3.8) is 0 Å². The number of carbonyl (C=O) groups is 1. The van der Waals surface area contributed by atoms with E-state index in [1.807, 2.05) is 78.3 Å². The van der Waals surface area contributed by atoms with Crippen LogP contribution in [0.4, 0.5) is 5.95 Å². The van der Waals surface area contributed by atoms with Gasteiger partial charge < -0.3 is 13.7 Å². The minimum absolute atomic E-state index is 0.207. The smallest absolute Gasteiger partial charge is 0.293 e. The maximum atomic E-state index is 12.6. The van der Waals surface area contributed by atoms with Gasteiger partial charge in [-0.3, -0.25) is 10.1 Å². The molecule has 30 heavy (non-hydrogen) atoms. The summed E-state index contributed by atoms with van der Waals surface area (Å²) in [5.74, 6) is 1.66. The van der Waals surface area contributed by atoms with E-state index in [2.05, 4.69) is 10.3 Å². The van der Waals surface area contributed by atoms with Crippen molar-refractivity contribution in [2.24, 2.45) is 7.05 Å². The number of hydrogen-bond donors (Lipinski definition) is 1. The van der Waals surface area contributed by atoms with E-state index >= 15 is 0 Å². The zero-order chi connectivity index (χ0) is 20.5. The molecular weight excluding hydrogens is 378 g/mol. The molecule has 0 saturated carbocycles. The molecule has 0 aliphatic rings. The summed E-state index contributed by atoms with van der Waals surface area (Å²) in [6.07, 6.45) is 0. The highest BCUT2D eigenvalue weighted by molar-refractivity contribution is 6.02. The van der Waals surface area contributed by atoms with Gasteiger partial charge in [-0.05, 0) is 35.7 Å². The van der Waals surface area contributed by atoms with E-state index < -0.39 is 0 Å². The molecule has 2 aromatic heterocycles. The van der Waals surface area contributed by atoms with Gasteiger partial charge >= 0.3 is 0 Å². The number of nitrogens with one attached hydrogen (secondary N) is 1. The predicted octanol–water partition coefficient (Wildman–Crippen LogP) is 5.15. The van der Waals surface area contributed by atoms with Crippen LogP contribution in [0.5, 0.6) is 5.75 Å². The van der Waals surface area contributed by atoms with E-state index in [1.54, 1.807) is 12.1 Å². The maximum Gasteiger partial charge on any atom is 0.293 e. The van der Waals surface area contributed by atoms with Crippen molar-refractivity contribution < 1.29 is 13.9 Å². The molecule has 0 aliphatic heterocycles. The van der Waals surface area contributed by atoms with E-state index in [0.717, 1.165) is 27.6 Å². The number of carbonyl (C=O) groups excluding carboxylic acids is 1. The number of imidazole rings is 1. The number of aryl methyl sites for hydroxylation is 1. The van der Waals surface area contributed by atoms with Gasteiger partial charge in [0, 0.05) is 12.4 Å². The molecule has 0 unspecified atom stereocenters. The summed E-state index contributed by atoms with van der Waals surface area (Å²) in [7, 11) is 1.86. The van der Waals surface area contributed by atoms with Crippen LogP contribution in [0.3, 0.4) is 0 Å². The minimum atomic E-state index is -0.357. The second kappa shape index (κ2) is 7.40. The molecule has 0 bridgehead atoms. The molecule has 5 rings (SSSR count). The number of para-hydroxylation sites is 2. The van der Waals surface area contributed by atoms with Gasteiger partial charge in [-0.25, -0.2) is 4.98 Å². The molecule has 1 N–H and O–H groups in total. The molecule has 0 spiro atoms. The average Bonchev–Trinajstić information content (AvgIpc) is 3.37. The minimum Gasteiger partial charge on any atom is -0.485 e. The Morgan fingerprint density at radius 1 is 1.00 bits per heavy atom. The van der Waals surface area contributed by atoms with Crippen molar-refractivity contribution in [2.45, 2.75) is 6.61 Å². The van der Waals surface area contributed by atoms with E-state index in [0.29, 0.717) is 11.7 Å². The first kappa shape index (κ1) is 18.0. The van der Waals surface area contributed by atoms with Crippen LogP contribution in [-0.4, -0.2) is 15.5 Å². The normalized spacial score (nSPS) is 11.1. The summed E-state index contributed by atoms with van der Waals surface area (Å²) < 4.78 is 13.5. The summed E-state index contributed by atoms with van der Waals surface area (Å²) in [5.41, 5.74) is 1.76. The Balaban J connectivity index is 1.30. The van der Waals surface area contributed by atoms with Crippen molar-refractivity contribution in [3.8, 4) is 5.75 Å². The lowest BCUT2D eigenvalue weighted by molar-refractivity contribution is 0.0991. The van der Waals surface area contributed by atoms with Gasteiger partial charge in [0.1, 0.15) is 18.1 Å². The number of aromatic nitrogens is 2. The topological polar surface area (TPSA) is 69.3 Å². The van der Waals surface area contributed by atoms with Crippen LogP contribution in [0, 0.1) is 0 Å². The van der Waals surface area contributed by atoms with Gasteiger partial charge in [-0.1, -0.05) is 48.5 Å². The van der Waals surface area contributed by atoms with Crippen LogP contribution in [0.2, 0.25) is 0 Å². The highest BCUT2D eigenvalue weighted by Crippen LogP contribution is 2.26. The molecule has 0 aliphatic carbocycles. The molecule has 3 aromatic carbocycles. The molecule has 6 nitrogen and oxygen atoms in total. The van der Waals surface area contributed by atoms with Gasteiger partial charge in [-0.2, -0.15) is 0 Å². The van der Waals surface area contributed by atoms with Crippen LogP contribution < -0.4 is 10.1 Å². The summed E-state index contributed by atoms with van der Waals surface area (Å²) in [6, 6.07) is 25.0. The molecule has 148 valence electrons. The molecule has 2 heterocycles. The second-order valence-electron chi connectivity index (χ2n) is 6.97. The fraction of sp³-hybridized carbons (Fsp3) is 0.0833. The molecule has 5 aromatic rings. The van der Waals surface area contributed by atoms with Gasteiger partial charge in [0.05, 0.1) is 11.0 Å². The van der Waals surface area contributed by atoms with Gasteiger partial charge in [0.2, 0.25) is 5.95 Å². The number of benzene rings is 3. The third-order valence-corrected chi connectivity index (χ3v) is 5.02. The number of fused-ring (bicyclic) bond motifs is 2. The van der Waals surface area contributed by atoms with Crippen molar-refractivity contribution in [3.05, 3.63) is 90.4 Å². The molecule has 0 atom stereocenters. The number of hydrogen-bond acceptors (Lipinski definition) is 4. The Bertz CT molecular complexity index is 1360. The van der Waals surface area contributed by atoms with Gasteiger partial charge in [0.15, 0.2) is 5.76 Å². The number of amides is 1. The summed E-state index contributed by atoms with van der Waals surface area (Å²) in [5, 5.41) is 4.95. The summed E-state index contributed by atoms with van der Waals surface area (Å²) >= 11 is 0. The van der Waals surface area contributed by atoms with E-state index in [-0.39, 0.29) is 18.3 Å². The third kappa shape index (κ3) is 3.28. The highest BCUT2D eigenvalue weighted by Gasteiger charge is 2.16. The van der Waals surface area contributed by atoms with Crippen LogP contribution in [-0.2, 0) is 13.7 Å². The van der Waals surface area contributed by atoms with Gasteiger partial charge in [0.25, 0.3) is 5.91 Å². The lowest BCUT2D eigenvalue weighted by Gasteiger charge is -2.08. The van der Waals surface area contributed by atoms with Crippen molar-refractivity contribution >= 4 is 33.7 Å². The Morgan fingerprint density at radius 2 is 1.80 bits per heavy atom. The van der Waals surface area contributed by atoms with E-state index in [4.69, 9.17) is 9.15 Å². The first-order valence-corrected chi connectivity index (χ1v) is 9.61. The van der Waals surface area contributed by atoms with E-state index in [9.17, 15) is 4.79 Å². The Hall–Kier alpha value is -4.06. The van der Waals surface area contributed by atoms with Crippen molar-refractivity contribution in [1.82, 2.24) is 9.55 Å². The molecule has 0 fully saturated rings. The number of furan rings is 1. The Kier molecular flexibility index (Phi) is 4.44. The fourth-order valence-corrected chi connectivity index (χ4v) is 3.47. The van der Waals surface area contributed by atoms with E-state index in [1.165, 1.54) is 0 Å². The highest BCUT2D eigenvalue weighted by atomic mass is 16.5. The number of ether oxygens (including phenoxy) is 1. The molecule has 0 radical (unpaired) electrons. The van der Waals surface area contributed by atoms with Crippen LogP contribution in [0.25, 0.3) is 21.8 Å².